The van der Waals surface area contributed by atoms with Crippen molar-refractivity contribution in [3.63, 3.8) is 0 Å². The SMILES string of the molecule is C=CC(C)NC(N)=NCCC. The first-order valence-corrected chi connectivity index (χ1v) is 3.89. The first kappa shape index (κ1) is 10.0. The molecule has 0 rings (SSSR count). The molecule has 0 saturated heterocycles. The third kappa shape index (κ3) is 5.45. The summed E-state index contributed by atoms with van der Waals surface area (Å²) in [6, 6.07) is 0.190. The molecule has 3 nitrogen and oxygen atoms in total. The van der Waals surface area contributed by atoms with Gasteiger partial charge in [0, 0.05) is 12.6 Å². The number of hydrogen-bond acceptors (Lipinski definition) is 1. The van der Waals surface area contributed by atoms with E-state index in [1.165, 1.54) is 0 Å². The maximum atomic E-state index is 5.53. The van der Waals surface area contributed by atoms with Crippen LogP contribution in [0.4, 0.5) is 0 Å². The number of nitrogens with zero attached hydrogens (tertiary/aromatic N) is 1. The van der Waals surface area contributed by atoms with Gasteiger partial charge in [-0.2, -0.15) is 0 Å². The van der Waals surface area contributed by atoms with Crippen LogP contribution in [-0.4, -0.2) is 18.5 Å². The summed E-state index contributed by atoms with van der Waals surface area (Å²) in [6.07, 6.45) is 2.80. The van der Waals surface area contributed by atoms with Gasteiger partial charge in [-0.15, -0.1) is 6.58 Å². The summed E-state index contributed by atoms with van der Waals surface area (Å²) >= 11 is 0. The fraction of sp³-hybridized carbons (Fsp3) is 0.625. The molecule has 0 aliphatic carbocycles. The average molecular weight is 155 g/mol. The van der Waals surface area contributed by atoms with Crippen LogP contribution in [0.3, 0.4) is 0 Å². The molecule has 0 fully saturated rings. The Morgan fingerprint density at radius 2 is 2.45 bits per heavy atom. The van der Waals surface area contributed by atoms with Gasteiger partial charge in [0.1, 0.15) is 0 Å². The highest BCUT2D eigenvalue weighted by atomic mass is 15.1. The molecule has 0 amide bonds. The molecule has 11 heavy (non-hydrogen) atoms. The molecule has 64 valence electrons. The lowest BCUT2D eigenvalue weighted by atomic mass is 10.3. The Labute approximate surface area is 68.4 Å². The summed E-state index contributed by atoms with van der Waals surface area (Å²) in [5, 5.41) is 2.97. The minimum absolute atomic E-state index is 0.190. The summed E-state index contributed by atoms with van der Waals surface area (Å²) in [5.74, 6) is 0.499. The molecule has 0 aliphatic rings. The van der Waals surface area contributed by atoms with Gasteiger partial charge < -0.3 is 11.1 Å². The lowest BCUT2D eigenvalue weighted by Crippen LogP contribution is -2.37. The minimum Gasteiger partial charge on any atom is -0.370 e. The standard InChI is InChI=1S/C8H17N3/c1-4-6-10-8(9)11-7(3)5-2/h5,7H,2,4,6H2,1,3H3,(H3,9,10,11). The van der Waals surface area contributed by atoms with Gasteiger partial charge in [0.05, 0.1) is 0 Å². The summed E-state index contributed by atoms with van der Waals surface area (Å²) in [6.45, 7) is 8.44. The van der Waals surface area contributed by atoms with Crippen molar-refractivity contribution in [2.45, 2.75) is 26.3 Å². The number of nitrogens with two attached hydrogens (primary N) is 1. The molecule has 0 heterocycles. The van der Waals surface area contributed by atoms with Gasteiger partial charge in [-0.25, -0.2) is 0 Å². The summed E-state index contributed by atoms with van der Waals surface area (Å²) in [7, 11) is 0. The predicted octanol–water partition coefficient (Wildman–Crippen LogP) is 0.875. The van der Waals surface area contributed by atoms with Crippen LogP contribution in [0.5, 0.6) is 0 Å². The van der Waals surface area contributed by atoms with Gasteiger partial charge in [0.25, 0.3) is 0 Å². The molecule has 0 aliphatic heterocycles. The number of rotatable bonds is 4. The molecule has 0 radical (unpaired) electrons. The molecule has 0 saturated carbocycles. The van der Waals surface area contributed by atoms with E-state index >= 15 is 0 Å². The van der Waals surface area contributed by atoms with E-state index in [-0.39, 0.29) is 6.04 Å². The lowest BCUT2D eigenvalue weighted by molar-refractivity contribution is 0.789. The van der Waals surface area contributed by atoms with Gasteiger partial charge in [0.2, 0.25) is 0 Å². The highest BCUT2D eigenvalue weighted by molar-refractivity contribution is 5.78. The molecule has 0 spiro atoms. The van der Waals surface area contributed by atoms with Crippen LogP contribution in [0.15, 0.2) is 17.6 Å². The van der Waals surface area contributed by atoms with Crippen molar-refractivity contribution in [1.82, 2.24) is 5.32 Å². The first-order valence-electron chi connectivity index (χ1n) is 3.89. The van der Waals surface area contributed by atoms with Gasteiger partial charge in [-0.1, -0.05) is 13.0 Å². The van der Waals surface area contributed by atoms with Gasteiger partial charge in [0.15, 0.2) is 5.96 Å². The Balaban J connectivity index is 3.65. The largest absolute Gasteiger partial charge is 0.370 e. The molecular formula is C8H17N3. The quantitative estimate of drug-likeness (QED) is 0.359. The van der Waals surface area contributed by atoms with Gasteiger partial charge >= 0.3 is 0 Å². The maximum Gasteiger partial charge on any atom is 0.189 e. The Kier molecular flexibility index (Phi) is 5.25. The number of guanidine groups is 1. The van der Waals surface area contributed by atoms with E-state index in [0.29, 0.717) is 5.96 Å². The van der Waals surface area contributed by atoms with Crippen LogP contribution in [0, 0.1) is 0 Å². The van der Waals surface area contributed by atoms with Crippen molar-refractivity contribution < 1.29 is 0 Å². The van der Waals surface area contributed by atoms with Crippen LogP contribution in [0.2, 0.25) is 0 Å². The zero-order chi connectivity index (χ0) is 8.69. The van der Waals surface area contributed by atoms with Crippen LogP contribution >= 0.6 is 0 Å². The van der Waals surface area contributed by atoms with Crippen LogP contribution in [0.25, 0.3) is 0 Å². The first-order chi connectivity index (χ1) is 5.20. The van der Waals surface area contributed by atoms with Crippen molar-refractivity contribution in [3.05, 3.63) is 12.7 Å². The van der Waals surface area contributed by atoms with E-state index < -0.39 is 0 Å². The van der Waals surface area contributed by atoms with E-state index in [9.17, 15) is 0 Å². The van der Waals surface area contributed by atoms with Crippen LogP contribution in [-0.2, 0) is 0 Å². The lowest BCUT2D eigenvalue weighted by Gasteiger charge is -2.08. The highest BCUT2D eigenvalue weighted by Crippen LogP contribution is 1.81. The number of nitrogens with one attached hydrogen (secondary N) is 1. The normalized spacial score (nSPS) is 14.2. The second-order valence-corrected chi connectivity index (χ2v) is 2.44. The van der Waals surface area contributed by atoms with Crippen molar-refractivity contribution in [3.8, 4) is 0 Å². The predicted molar refractivity (Wildman–Crippen MR) is 49.6 cm³/mol. The second kappa shape index (κ2) is 5.77. The molecular weight excluding hydrogens is 138 g/mol. The van der Waals surface area contributed by atoms with Crippen molar-refractivity contribution >= 4 is 5.96 Å². The van der Waals surface area contributed by atoms with Gasteiger partial charge in [-0.05, 0) is 13.3 Å². The summed E-state index contributed by atoms with van der Waals surface area (Å²) in [5.41, 5.74) is 5.53. The highest BCUT2D eigenvalue weighted by Gasteiger charge is 1.94. The van der Waals surface area contributed by atoms with E-state index in [2.05, 4.69) is 23.8 Å². The number of hydrogen-bond donors (Lipinski definition) is 2. The van der Waals surface area contributed by atoms with E-state index in [1.54, 1.807) is 6.08 Å². The van der Waals surface area contributed by atoms with Crippen LogP contribution in [0.1, 0.15) is 20.3 Å². The van der Waals surface area contributed by atoms with Crippen molar-refractivity contribution in [2.24, 2.45) is 10.7 Å². The Morgan fingerprint density at radius 3 is 2.91 bits per heavy atom. The molecule has 0 aromatic heterocycles. The zero-order valence-corrected chi connectivity index (χ0v) is 7.30. The molecule has 0 aromatic rings. The van der Waals surface area contributed by atoms with E-state index in [4.69, 9.17) is 5.73 Å². The van der Waals surface area contributed by atoms with Gasteiger partial charge in [-0.3, -0.25) is 4.99 Å². The molecule has 1 unspecified atom stereocenters. The number of aliphatic imine (C=N–C) groups is 1. The topological polar surface area (TPSA) is 50.4 Å². The third-order valence-corrected chi connectivity index (χ3v) is 1.23. The van der Waals surface area contributed by atoms with E-state index in [1.807, 2.05) is 6.92 Å². The summed E-state index contributed by atoms with van der Waals surface area (Å²) < 4.78 is 0. The smallest absolute Gasteiger partial charge is 0.189 e. The third-order valence-electron chi connectivity index (χ3n) is 1.23. The Hall–Kier alpha value is -0.990. The second-order valence-electron chi connectivity index (χ2n) is 2.44. The fourth-order valence-corrected chi connectivity index (χ4v) is 0.570. The zero-order valence-electron chi connectivity index (χ0n) is 7.30. The van der Waals surface area contributed by atoms with Crippen molar-refractivity contribution in [2.75, 3.05) is 6.54 Å². The fourth-order valence-electron chi connectivity index (χ4n) is 0.570. The maximum absolute atomic E-state index is 5.53. The molecule has 3 N–H and O–H groups in total. The summed E-state index contributed by atoms with van der Waals surface area (Å²) in [4.78, 5) is 4.07. The molecule has 0 bridgehead atoms. The molecule has 0 aromatic carbocycles. The van der Waals surface area contributed by atoms with Crippen LogP contribution < -0.4 is 11.1 Å². The minimum atomic E-state index is 0.190. The van der Waals surface area contributed by atoms with E-state index in [0.717, 1.165) is 13.0 Å². The molecule has 1 atom stereocenters. The monoisotopic (exact) mass is 155 g/mol. The average Bonchev–Trinajstić information content (AvgIpc) is 2.00. The Morgan fingerprint density at radius 1 is 1.82 bits per heavy atom. The van der Waals surface area contributed by atoms with Crippen molar-refractivity contribution in [1.29, 1.82) is 0 Å². The molecule has 3 heteroatoms. The Bertz CT molecular complexity index is 140.